The van der Waals surface area contributed by atoms with Crippen molar-refractivity contribution in [2.24, 2.45) is 0 Å². The van der Waals surface area contributed by atoms with Gasteiger partial charge in [-0.15, -0.1) is 0 Å². The number of hydrogen-bond donors (Lipinski definition) is 1. The highest BCUT2D eigenvalue weighted by molar-refractivity contribution is 6.02. The summed E-state index contributed by atoms with van der Waals surface area (Å²) in [5, 5.41) is 4.08. The number of fused-ring (bicyclic) bond motifs is 2. The van der Waals surface area contributed by atoms with Crippen LogP contribution in [0.25, 0.3) is 21.9 Å². The maximum Gasteiger partial charge on any atom is 0.224 e. The fraction of sp³-hybridized carbons (Fsp3) is 0.261. The Morgan fingerprint density at radius 2 is 1.79 bits per heavy atom. The minimum absolute atomic E-state index is 0.0262. The van der Waals surface area contributed by atoms with E-state index in [2.05, 4.69) is 25.9 Å². The number of nitrogens with zero attached hydrogens (tertiary/aromatic N) is 3. The minimum atomic E-state index is 0.0262. The third-order valence-corrected chi connectivity index (χ3v) is 5.11. The quantitative estimate of drug-likeness (QED) is 0.540. The van der Waals surface area contributed by atoms with Crippen molar-refractivity contribution in [3.63, 3.8) is 0 Å². The molecule has 0 saturated heterocycles. The highest BCUT2D eigenvalue weighted by atomic mass is 16.1. The summed E-state index contributed by atoms with van der Waals surface area (Å²) >= 11 is 0. The molecule has 5 heteroatoms. The zero-order valence-corrected chi connectivity index (χ0v) is 16.5. The van der Waals surface area contributed by atoms with E-state index < -0.39 is 0 Å². The summed E-state index contributed by atoms with van der Waals surface area (Å²) in [7, 11) is 0. The van der Waals surface area contributed by atoms with Gasteiger partial charge in [0.25, 0.3) is 0 Å². The number of hydrogen-bond acceptors (Lipinski definition) is 3. The largest absolute Gasteiger partial charge is 0.328 e. The van der Waals surface area contributed by atoms with Crippen LogP contribution in [0.2, 0.25) is 0 Å². The molecule has 0 aliphatic carbocycles. The maximum absolute atomic E-state index is 12.6. The average Bonchev–Trinajstić information content (AvgIpc) is 2.99. The Hall–Kier alpha value is -3.21. The van der Waals surface area contributed by atoms with Crippen LogP contribution in [0.4, 0.5) is 5.69 Å². The zero-order chi connectivity index (χ0) is 19.7. The number of aromatic nitrogens is 3. The number of amides is 1. The Balaban J connectivity index is 1.46. The molecule has 2 heterocycles. The molecule has 0 atom stereocenters. The molecule has 0 bridgehead atoms. The van der Waals surface area contributed by atoms with Crippen molar-refractivity contribution in [1.29, 1.82) is 0 Å². The van der Waals surface area contributed by atoms with Gasteiger partial charge in [0.15, 0.2) is 0 Å². The Labute approximate surface area is 164 Å². The first-order chi connectivity index (χ1) is 13.5. The van der Waals surface area contributed by atoms with Crippen LogP contribution in [-0.4, -0.2) is 20.4 Å². The maximum atomic E-state index is 12.6. The molecule has 0 saturated carbocycles. The van der Waals surface area contributed by atoms with E-state index in [1.54, 1.807) is 0 Å². The van der Waals surface area contributed by atoms with Crippen LogP contribution in [0.15, 0.2) is 48.5 Å². The van der Waals surface area contributed by atoms with E-state index >= 15 is 0 Å². The summed E-state index contributed by atoms with van der Waals surface area (Å²) < 4.78 is 2.18. The molecule has 0 aliphatic rings. The molecule has 0 aliphatic heterocycles. The van der Waals surface area contributed by atoms with Crippen LogP contribution in [0, 0.1) is 20.8 Å². The van der Waals surface area contributed by atoms with Gasteiger partial charge in [-0.2, -0.15) is 0 Å². The fourth-order valence-corrected chi connectivity index (χ4v) is 3.66. The van der Waals surface area contributed by atoms with Crippen LogP contribution >= 0.6 is 0 Å². The van der Waals surface area contributed by atoms with Gasteiger partial charge in [-0.3, -0.25) is 9.78 Å². The summed E-state index contributed by atoms with van der Waals surface area (Å²) in [5.41, 5.74) is 5.89. The van der Waals surface area contributed by atoms with Crippen molar-refractivity contribution in [2.45, 2.75) is 40.2 Å². The number of pyridine rings is 1. The van der Waals surface area contributed by atoms with E-state index in [0.29, 0.717) is 6.42 Å². The number of carbonyl (C=O) groups excluding carboxylic acids is 1. The minimum Gasteiger partial charge on any atom is -0.328 e. The van der Waals surface area contributed by atoms with E-state index in [0.717, 1.165) is 57.7 Å². The number of aryl methyl sites for hydroxylation is 4. The molecular weight excluding hydrogens is 348 g/mol. The first kappa shape index (κ1) is 18.2. The number of anilines is 1. The molecule has 0 unspecified atom stereocenters. The Morgan fingerprint density at radius 1 is 0.964 bits per heavy atom. The van der Waals surface area contributed by atoms with Gasteiger partial charge in [0.2, 0.25) is 5.91 Å². The van der Waals surface area contributed by atoms with Gasteiger partial charge >= 0.3 is 0 Å². The summed E-state index contributed by atoms with van der Waals surface area (Å²) in [4.78, 5) is 21.7. The van der Waals surface area contributed by atoms with Gasteiger partial charge in [-0.1, -0.05) is 18.2 Å². The molecule has 4 aromatic rings. The third-order valence-electron chi connectivity index (χ3n) is 5.11. The number of para-hydroxylation sites is 2. The standard InChI is InChI=1S/C23H24N4O/c1-15-10-13-19-18(12-11-16(2)24-19)23(15)26-22(28)9-6-14-27-17(3)25-20-7-4-5-8-21(20)27/h4-5,7-8,10-13H,6,9,14H2,1-3H3,(H,26,28). The molecule has 1 amide bonds. The number of rotatable bonds is 5. The number of benzene rings is 2. The van der Waals surface area contributed by atoms with Gasteiger partial charge in [-0.05, 0) is 63.1 Å². The van der Waals surface area contributed by atoms with Crippen molar-refractivity contribution in [3.8, 4) is 0 Å². The normalized spacial score (nSPS) is 11.2. The lowest BCUT2D eigenvalue weighted by Crippen LogP contribution is -2.14. The molecule has 2 aromatic carbocycles. The van der Waals surface area contributed by atoms with E-state index in [9.17, 15) is 4.79 Å². The summed E-state index contributed by atoms with van der Waals surface area (Å²) in [6.45, 7) is 6.76. The SMILES string of the molecule is Cc1ccc2c(NC(=O)CCCn3c(C)nc4ccccc43)c(C)ccc2n1. The highest BCUT2D eigenvalue weighted by Gasteiger charge is 2.11. The summed E-state index contributed by atoms with van der Waals surface area (Å²) in [5.74, 6) is 1.01. The van der Waals surface area contributed by atoms with Crippen molar-refractivity contribution in [2.75, 3.05) is 5.32 Å². The predicted molar refractivity (Wildman–Crippen MR) is 114 cm³/mol. The van der Waals surface area contributed by atoms with Gasteiger partial charge in [0, 0.05) is 24.0 Å². The van der Waals surface area contributed by atoms with Gasteiger partial charge < -0.3 is 9.88 Å². The first-order valence-corrected chi connectivity index (χ1v) is 9.61. The Morgan fingerprint density at radius 3 is 2.64 bits per heavy atom. The average molecular weight is 372 g/mol. The predicted octanol–water partition coefficient (Wildman–Crippen LogP) is 4.93. The smallest absolute Gasteiger partial charge is 0.224 e. The molecular formula is C23H24N4O. The second-order valence-electron chi connectivity index (χ2n) is 7.23. The molecule has 1 N–H and O–H groups in total. The van der Waals surface area contributed by atoms with Crippen LogP contribution in [0.3, 0.4) is 0 Å². The fourth-order valence-electron chi connectivity index (χ4n) is 3.66. The molecule has 2 aromatic heterocycles. The molecule has 142 valence electrons. The first-order valence-electron chi connectivity index (χ1n) is 9.61. The molecule has 0 spiro atoms. The number of nitrogens with one attached hydrogen (secondary N) is 1. The van der Waals surface area contributed by atoms with E-state index in [1.807, 2.05) is 63.2 Å². The second kappa shape index (κ2) is 7.43. The number of imidazole rings is 1. The lowest BCUT2D eigenvalue weighted by Gasteiger charge is -2.12. The summed E-state index contributed by atoms with van der Waals surface area (Å²) in [6, 6.07) is 16.1. The zero-order valence-electron chi connectivity index (χ0n) is 16.5. The Bertz CT molecular complexity index is 1180. The third kappa shape index (κ3) is 3.48. The van der Waals surface area contributed by atoms with Crippen molar-refractivity contribution < 1.29 is 4.79 Å². The Kier molecular flexibility index (Phi) is 4.82. The van der Waals surface area contributed by atoms with Crippen molar-refractivity contribution in [1.82, 2.24) is 14.5 Å². The van der Waals surface area contributed by atoms with Gasteiger partial charge in [-0.25, -0.2) is 4.98 Å². The topological polar surface area (TPSA) is 59.8 Å². The monoisotopic (exact) mass is 372 g/mol. The van der Waals surface area contributed by atoms with E-state index in [-0.39, 0.29) is 5.91 Å². The van der Waals surface area contributed by atoms with Crippen molar-refractivity contribution >= 4 is 33.5 Å². The molecule has 4 rings (SSSR count). The summed E-state index contributed by atoms with van der Waals surface area (Å²) in [6.07, 6.45) is 1.22. The molecule has 0 fully saturated rings. The molecule has 5 nitrogen and oxygen atoms in total. The van der Waals surface area contributed by atoms with Crippen LogP contribution < -0.4 is 5.32 Å². The van der Waals surface area contributed by atoms with Crippen molar-refractivity contribution in [3.05, 3.63) is 65.6 Å². The number of carbonyl (C=O) groups is 1. The molecule has 0 radical (unpaired) electrons. The van der Waals surface area contributed by atoms with Gasteiger partial charge in [0.05, 0.1) is 22.2 Å². The van der Waals surface area contributed by atoms with Gasteiger partial charge in [0.1, 0.15) is 5.82 Å². The lowest BCUT2D eigenvalue weighted by atomic mass is 10.1. The lowest BCUT2D eigenvalue weighted by molar-refractivity contribution is -0.116. The highest BCUT2D eigenvalue weighted by Crippen LogP contribution is 2.26. The van der Waals surface area contributed by atoms with Crippen LogP contribution in [0.5, 0.6) is 0 Å². The second-order valence-corrected chi connectivity index (χ2v) is 7.23. The van der Waals surface area contributed by atoms with Crippen LogP contribution in [-0.2, 0) is 11.3 Å². The van der Waals surface area contributed by atoms with E-state index in [4.69, 9.17) is 0 Å². The van der Waals surface area contributed by atoms with Crippen LogP contribution in [0.1, 0.15) is 29.9 Å². The van der Waals surface area contributed by atoms with E-state index in [1.165, 1.54) is 0 Å². The molecule has 28 heavy (non-hydrogen) atoms.